The van der Waals surface area contributed by atoms with Crippen molar-refractivity contribution in [2.45, 2.75) is 0 Å². The lowest BCUT2D eigenvalue weighted by Gasteiger charge is -2.09. The van der Waals surface area contributed by atoms with Crippen molar-refractivity contribution in [1.29, 1.82) is 0 Å². The quantitative estimate of drug-likeness (QED) is 0.609. The second kappa shape index (κ2) is 7.01. The molecule has 0 bridgehead atoms. The molecule has 8 nitrogen and oxygen atoms in total. The minimum atomic E-state index is -0.736. The molecular formula is C17H13FN4O4. The summed E-state index contributed by atoms with van der Waals surface area (Å²) in [6, 6.07) is 10.0. The largest absolute Gasteiger partial charge is 0.494 e. The van der Waals surface area contributed by atoms with Crippen molar-refractivity contribution in [2.24, 2.45) is 0 Å². The SMILES string of the molecule is COc1ccc(C(=O)NNC(=O)c2n[nH]c(=O)c3ccccc23)cc1F. The molecule has 132 valence electrons. The van der Waals surface area contributed by atoms with E-state index in [1.807, 2.05) is 0 Å². The lowest BCUT2D eigenvalue weighted by Crippen LogP contribution is -2.42. The molecule has 1 heterocycles. The molecule has 2 aromatic carbocycles. The second-order valence-corrected chi connectivity index (χ2v) is 5.20. The van der Waals surface area contributed by atoms with Gasteiger partial charge in [-0.2, -0.15) is 5.10 Å². The summed E-state index contributed by atoms with van der Waals surface area (Å²) in [5.74, 6) is -2.18. The average Bonchev–Trinajstić information content (AvgIpc) is 2.66. The van der Waals surface area contributed by atoms with Gasteiger partial charge in [-0.3, -0.25) is 25.2 Å². The van der Waals surface area contributed by atoms with E-state index in [1.165, 1.54) is 19.2 Å². The molecule has 0 fully saturated rings. The van der Waals surface area contributed by atoms with Gasteiger partial charge in [-0.1, -0.05) is 18.2 Å². The van der Waals surface area contributed by atoms with Gasteiger partial charge in [-0.05, 0) is 24.3 Å². The zero-order valence-corrected chi connectivity index (χ0v) is 13.5. The van der Waals surface area contributed by atoms with Crippen LogP contribution < -0.4 is 21.1 Å². The maximum Gasteiger partial charge on any atom is 0.290 e. The van der Waals surface area contributed by atoms with E-state index in [9.17, 15) is 18.8 Å². The number of aromatic amines is 1. The minimum Gasteiger partial charge on any atom is -0.494 e. The highest BCUT2D eigenvalue weighted by molar-refractivity contribution is 6.05. The van der Waals surface area contributed by atoms with Crippen LogP contribution in [0, 0.1) is 5.82 Å². The van der Waals surface area contributed by atoms with Crippen LogP contribution in [-0.2, 0) is 0 Å². The van der Waals surface area contributed by atoms with Crippen molar-refractivity contribution in [3.8, 4) is 5.75 Å². The molecule has 0 radical (unpaired) electrons. The molecule has 0 unspecified atom stereocenters. The van der Waals surface area contributed by atoms with E-state index in [-0.39, 0.29) is 22.4 Å². The monoisotopic (exact) mass is 356 g/mol. The number of hydrogen-bond donors (Lipinski definition) is 3. The number of hydrogen-bond acceptors (Lipinski definition) is 5. The van der Waals surface area contributed by atoms with Crippen LogP contribution >= 0.6 is 0 Å². The van der Waals surface area contributed by atoms with Crippen LogP contribution in [0.2, 0.25) is 0 Å². The van der Waals surface area contributed by atoms with Crippen molar-refractivity contribution < 1.29 is 18.7 Å². The number of nitrogens with zero attached hydrogens (tertiary/aromatic N) is 1. The number of hydrazine groups is 1. The van der Waals surface area contributed by atoms with Crippen molar-refractivity contribution >= 4 is 22.6 Å². The lowest BCUT2D eigenvalue weighted by molar-refractivity contribution is 0.0844. The summed E-state index contributed by atoms with van der Waals surface area (Å²) in [6.07, 6.45) is 0. The Morgan fingerprint density at radius 2 is 1.77 bits per heavy atom. The van der Waals surface area contributed by atoms with E-state index in [1.54, 1.807) is 24.3 Å². The zero-order valence-electron chi connectivity index (χ0n) is 13.5. The van der Waals surface area contributed by atoms with Crippen LogP contribution in [0.4, 0.5) is 4.39 Å². The van der Waals surface area contributed by atoms with E-state index in [0.29, 0.717) is 5.39 Å². The summed E-state index contributed by atoms with van der Waals surface area (Å²) in [5.41, 5.74) is 3.83. The number of nitrogens with one attached hydrogen (secondary N) is 3. The number of carbonyl (C=O) groups excluding carboxylic acids is 2. The molecule has 0 saturated carbocycles. The van der Waals surface area contributed by atoms with E-state index in [4.69, 9.17) is 4.74 Å². The van der Waals surface area contributed by atoms with Gasteiger partial charge in [0.25, 0.3) is 17.4 Å². The Morgan fingerprint density at radius 3 is 2.46 bits per heavy atom. The van der Waals surface area contributed by atoms with Crippen molar-refractivity contribution in [3.05, 3.63) is 69.9 Å². The number of aromatic nitrogens is 2. The normalized spacial score (nSPS) is 10.4. The van der Waals surface area contributed by atoms with Gasteiger partial charge < -0.3 is 4.74 Å². The van der Waals surface area contributed by atoms with Crippen LogP contribution in [0.15, 0.2) is 47.3 Å². The molecule has 9 heteroatoms. The van der Waals surface area contributed by atoms with Gasteiger partial charge in [0.15, 0.2) is 17.3 Å². The molecular weight excluding hydrogens is 343 g/mol. The molecule has 0 spiro atoms. The fraction of sp³-hybridized carbons (Fsp3) is 0.0588. The van der Waals surface area contributed by atoms with Gasteiger partial charge in [-0.25, -0.2) is 9.49 Å². The van der Waals surface area contributed by atoms with Crippen molar-refractivity contribution in [2.75, 3.05) is 7.11 Å². The van der Waals surface area contributed by atoms with E-state index >= 15 is 0 Å². The fourth-order valence-corrected chi connectivity index (χ4v) is 2.34. The molecule has 3 N–H and O–H groups in total. The van der Waals surface area contributed by atoms with Gasteiger partial charge >= 0.3 is 0 Å². The number of methoxy groups -OCH3 is 1. The number of amides is 2. The number of carbonyl (C=O) groups is 2. The Kier molecular flexibility index (Phi) is 4.61. The molecule has 2 amide bonds. The zero-order chi connectivity index (χ0) is 18.7. The first-order chi connectivity index (χ1) is 12.5. The van der Waals surface area contributed by atoms with Crippen LogP contribution in [0.25, 0.3) is 10.8 Å². The highest BCUT2D eigenvalue weighted by Crippen LogP contribution is 2.17. The minimum absolute atomic E-state index is 0.00510. The average molecular weight is 356 g/mol. The van der Waals surface area contributed by atoms with Crippen LogP contribution in [0.1, 0.15) is 20.8 Å². The molecule has 3 aromatic rings. The number of fused-ring (bicyclic) bond motifs is 1. The summed E-state index contributed by atoms with van der Waals surface area (Å²) in [7, 11) is 1.31. The third kappa shape index (κ3) is 3.22. The Morgan fingerprint density at radius 1 is 1.08 bits per heavy atom. The maximum absolute atomic E-state index is 13.7. The predicted octanol–water partition coefficient (Wildman–Crippen LogP) is 1.15. The number of H-pyrrole nitrogens is 1. The number of halogens is 1. The maximum atomic E-state index is 13.7. The molecule has 26 heavy (non-hydrogen) atoms. The van der Waals surface area contributed by atoms with Crippen molar-refractivity contribution in [3.63, 3.8) is 0 Å². The van der Waals surface area contributed by atoms with Crippen LogP contribution in [0.5, 0.6) is 5.75 Å². The number of benzene rings is 2. The summed E-state index contributed by atoms with van der Waals surface area (Å²) < 4.78 is 18.4. The van der Waals surface area contributed by atoms with E-state index < -0.39 is 23.2 Å². The molecule has 0 atom stereocenters. The molecule has 0 aliphatic heterocycles. The molecule has 0 saturated heterocycles. The van der Waals surface area contributed by atoms with Gasteiger partial charge in [-0.15, -0.1) is 0 Å². The molecule has 3 rings (SSSR count). The fourth-order valence-electron chi connectivity index (χ4n) is 2.34. The molecule has 0 aliphatic carbocycles. The van der Waals surface area contributed by atoms with E-state index in [0.717, 1.165) is 6.07 Å². The highest BCUT2D eigenvalue weighted by Gasteiger charge is 2.16. The Labute approximate surface area is 146 Å². The summed E-state index contributed by atoms with van der Waals surface area (Å²) in [5, 5.41) is 6.56. The Balaban J connectivity index is 1.77. The smallest absolute Gasteiger partial charge is 0.290 e. The summed E-state index contributed by atoms with van der Waals surface area (Å²) in [6.45, 7) is 0. The Hall–Kier alpha value is -3.75. The highest BCUT2D eigenvalue weighted by atomic mass is 19.1. The standard InChI is InChI=1S/C17H13FN4O4/c1-26-13-7-6-9(8-12(13)18)15(23)20-22-17(25)14-10-4-2-3-5-11(10)16(24)21-19-14/h2-8H,1H3,(H,20,23)(H,21,24)(H,22,25). The van der Waals surface area contributed by atoms with Gasteiger partial charge in [0.2, 0.25) is 0 Å². The predicted molar refractivity (Wildman–Crippen MR) is 90.2 cm³/mol. The number of ether oxygens (including phenoxy) is 1. The third-order valence-electron chi connectivity index (χ3n) is 3.61. The van der Waals surface area contributed by atoms with Gasteiger partial charge in [0, 0.05) is 10.9 Å². The second-order valence-electron chi connectivity index (χ2n) is 5.20. The number of rotatable bonds is 3. The lowest BCUT2D eigenvalue weighted by atomic mass is 10.1. The molecule has 1 aromatic heterocycles. The third-order valence-corrected chi connectivity index (χ3v) is 3.61. The van der Waals surface area contributed by atoms with Crippen molar-refractivity contribution in [1.82, 2.24) is 21.0 Å². The summed E-state index contributed by atoms with van der Waals surface area (Å²) in [4.78, 5) is 36.0. The van der Waals surface area contributed by atoms with Gasteiger partial charge in [0.05, 0.1) is 12.5 Å². The Bertz CT molecular complexity index is 1060. The van der Waals surface area contributed by atoms with Gasteiger partial charge in [0.1, 0.15) is 0 Å². The first kappa shape index (κ1) is 17.1. The van der Waals surface area contributed by atoms with Crippen LogP contribution in [0.3, 0.4) is 0 Å². The topological polar surface area (TPSA) is 113 Å². The molecule has 0 aliphatic rings. The van der Waals surface area contributed by atoms with Crippen LogP contribution in [-0.4, -0.2) is 29.1 Å². The first-order valence-corrected chi connectivity index (χ1v) is 7.43. The first-order valence-electron chi connectivity index (χ1n) is 7.43. The summed E-state index contributed by atoms with van der Waals surface area (Å²) >= 11 is 0. The van der Waals surface area contributed by atoms with E-state index in [2.05, 4.69) is 21.0 Å².